The van der Waals surface area contributed by atoms with Gasteiger partial charge >= 0.3 is 0 Å². The molecule has 0 aliphatic carbocycles. The van der Waals surface area contributed by atoms with E-state index in [0.29, 0.717) is 30.8 Å². The first-order valence-electron chi connectivity index (χ1n) is 7.73. The Morgan fingerprint density at radius 2 is 2.04 bits per heavy atom. The van der Waals surface area contributed by atoms with Gasteiger partial charge in [-0.3, -0.25) is 9.69 Å². The fourth-order valence-corrected chi connectivity index (χ4v) is 4.15. The highest BCUT2D eigenvalue weighted by Gasteiger charge is 2.34. The Morgan fingerprint density at radius 1 is 1.28 bits per heavy atom. The molecule has 1 atom stereocenters. The molecule has 1 aliphatic heterocycles. The van der Waals surface area contributed by atoms with Gasteiger partial charge in [0.1, 0.15) is 15.8 Å². The molecule has 2 heterocycles. The summed E-state index contributed by atoms with van der Waals surface area (Å²) in [5.74, 6) is 1.17. The van der Waals surface area contributed by atoms with Crippen LogP contribution in [-0.2, 0) is 4.79 Å². The van der Waals surface area contributed by atoms with E-state index in [-0.39, 0.29) is 11.9 Å². The number of nitrogens with zero attached hydrogens (tertiary/aromatic N) is 1. The maximum absolute atomic E-state index is 12.6. The minimum atomic E-state index is -0.0724. The quantitative estimate of drug-likeness (QED) is 0.439. The molecule has 0 bridgehead atoms. The number of thiocarbonyl (C=S) groups is 1. The summed E-state index contributed by atoms with van der Waals surface area (Å²) in [7, 11) is 0. The molecule has 0 N–H and O–H groups in total. The van der Waals surface area contributed by atoms with Crippen LogP contribution in [0.2, 0.25) is 10.0 Å². The molecule has 1 unspecified atom stereocenters. The minimum absolute atomic E-state index is 0.0724. The molecular formula is C18H15Cl2NO2S2. The lowest BCUT2D eigenvalue weighted by molar-refractivity contribution is -0.123. The Kier molecular flexibility index (Phi) is 5.58. The lowest BCUT2D eigenvalue weighted by Crippen LogP contribution is -2.36. The summed E-state index contributed by atoms with van der Waals surface area (Å²) in [4.78, 5) is 14.8. The molecule has 2 aromatic rings. The third-order valence-electron chi connectivity index (χ3n) is 3.96. The molecule has 0 saturated carbocycles. The van der Waals surface area contributed by atoms with Crippen molar-refractivity contribution in [1.82, 2.24) is 4.90 Å². The van der Waals surface area contributed by atoms with E-state index >= 15 is 0 Å². The van der Waals surface area contributed by atoms with Crippen LogP contribution >= 0.6 is 47.2 Å². The summed E-state index contributed by atoms with van der Waals surface area (Å²) in [6.45, 7) is 4.02. The van der Waals surface area contributed by atoms with Crippen LogP contribution in [0.1, 0.15) is 26.0 Å². The number of carbonyl (C=O) groups excluding carboxylic acids is 1. The van der Waals surface area contributed by atoms with E-state index < -0.39 is 0 Å². The number of thioether (sulfide) groups is 1. The number of carbonyl (C=O) groups is 1. The predicted octanol–water partition coefficient (Wildman–Crippen LogP) is 6.25. The molecule has 0 spiro atoms. The zero-order valence-electron chi connectivity index (χ0n) is 13.6. The van der Waals surface area contributed by atoms with Gasteiger partial charge in [0.05, 0.1) is 15.0 Å². The number of rotatable bonds is 4. The van der Waals surface area contributed by atoms with Crippen molar-refractivity contribution in [2.75, 3.05) is 0 Å². The Bertz CT molecular complexity index is 876. The van der Waals surface area contributed by atoms with Crippen molar-refractivity contribution in [3.63, 3.8) is 0 Å². The van der Waals surface area contributed by atoms with Gasteiger partial charge in [0, 0.05) is 17.7 Å². The second-order valence-corrected chi connectivity index (χ2v) is 8.13. The van der Waals surface area contributed by atoms with Crippen LogP contribution in [0.3, 0.4) is 0 Å². The van der Waals surface area contributed by atoms with Crippen LogP contribution in [0.15, 0.2) is 39.7 Å². The first kappa shape index (κ1) is 18.5. The Morgan fingerprint density at radius 3 is 2.72 bits per heavy atom. The molecule has 7 heteroatoms. The number of halogens is 2. The Balaban J connectivity index is 1.86. The maximum Gasteiger partial charge on any atom is 0.266 e. The predicted molar refractivity (Wildman–Crippen MR) is 109 cm³/mol. The van der Waals surface area contributed by atoms with E-state index in [1.807, 2.05) is 32.0 Å². The Hall–Kier alpha value is -1.27. The topological polar surface area (TPSA) is 33.5 Å². The van der Waals surface area contributed by atoms with Crippen molar-refractivity contribution in [2.45, 2.75) is 26.3 Å². The SMILES string of the molecule is CCC(C)N1C(=O)/C(=C/c2ccc(-c3ccc(Cl)c(Cl)c3)o2)SC1=S. The first-order chi connectivity index (χ1) is 11.9. The molecule has 3 nitrogen and oxygen atoms in total. The summed E-state index contributed by atoms with van der Waals surface area (Å²) in [5, 5.41) is 0.956. The van der Waals surface area contributed by atoms with Gasteiger partial charge in [-0.05, 0) is 43.7 Å². The van der Waals surface area contributed by atoms with E-state index in [1.54, 1.807) is 23.1 Å². The Labute approximate surface area is 166 Å². The monoisotopic (exact) mass is 411 g/mol. The van der Waals surface area contributed by atoms with Crippen molar-refractivity contribution < 1.29 is 9.21 Å². The van der Waals surface area contributed by atoms with Crippen LogP contribution in [0.4, 0.5) is 0 Å². The van der Waals surface area contributed by atoms with Gasteiger partial charge < -0.3 is 4.42 Å². The van der Waals surface area contributed by atoms with E-state index in [2.05, 4.69) is 0 Å². The van der Waals surface area contributed by atoms with Gasteiger partial charge in [-0.15, -0.1) is 0 Å². The third-order valence-corrected chi connectivity index (χ3v) is 6.03. The smallest absolute Gasteiger partial charge is 0.266 e. The van der Waals surface area contributed by atoms with E-state index in [1.165, 1.54) is 11.8 Å². The highest BCUT2D eigenvalue weighted by Crippen LogP contribution is 2.35. The molecule has 1 saturated heterocycles. The van der Waals surface area contributed by atoms with Gasteiger partial charge in [-0.2, -0.15) is 0 Å². The maximum atomic E-state index is 12.6. The zero-order valence-corrected chi connectivity index (χ0v) is 16.7. The molecule has 1 aromatic carbocycles. The van der Waals surface area contributed by atoms with Gasteiger partial charge in [-0.25, -0.2) is 0 Å². The van der Waals surface area contributed by atoms with Crippen LogP contribution in [-0.4, -0.2) is 21.2 Å². The van der Waals surface area contributed by atoms with Gasteiger partial charge in [0.25, 0.3) is 5.91 Å². The minimum Gasteiger partial charge on any atom is -0.457 e. The molecule has 25 heavy (non-hydrogen) atoms. The molecule has 1 aromatic heterocycles. The first-order valence-corrected chi connectivity index (χ1v) is 9.71. The molecule has 130 valence electrons. The van der Waals surface area contributed by atoms with Crippen LogP contribution in [0, 0.1) is 0 Å². The van der Waals surface area contributed by atoms with Crippen molar-refractivity contribution in [1.29, 1.82) is 0 Å². The summed E-state index contributed by atoms with van der Waals surface area (Å²) in [6.07, 6.45) is 2.57. The van der Waals surface area contributed by atoms with E-state index in [9.17, 15) is 4.79 Å². The standard InChI is InChI=1S/C18H15Cl2NO2S2/c1-3-10(2)21-17(22)16(25-18(21)24)9-12-5-7-15(23-12)11-4-6-13(19)14(20)8-11/h4-10H,3H2,1-2H3/b16-9-. The highest BCUT2D eigenvalue weighted by molar-refractivity contribution is 8.26. The summed E-state index contributed by atoms with van der Waals surface area (Å²) < 4.78 is 6.41. The third kappa shape index (κ3) is 3.80. The van der Waals surface area contributed by atoms with Crippen molar-refractivity contribution in [2.24, 2.45) is 0 Å². The lowest BCUT2D eigenvalue weighted by atomic mass is 10.2. The number of furan rings is 1. The van der Waals surface area contributed by atoms with Crippen LogP contribution in [0.25, 0.3) is 17.4 Å². The van der Waals surface area contributed by atoms with Crippen molar-refractivity contribution in [3.05, 3.63) is 51.0 Å². The van der Waals surface area contributed by atoms with Gasteiger partial charge in [-0.1, -0.05) is 54.1 Å². The van der Waals surface area contributed by atoms with Gasteiger partial charge in [0.2, 0.25) is 0 Å². The second-order valence-electron chi connectivity index (χ2n) is 5.64. The second kappa shape index (κ2) is 7.54. The van der Waals surface area contributed by atoms with E-state index in [4.69, 9.17) is 39.8 Å². The molecule has 0 radical (unpaired) electrons. The summed E-state index contributed by atoms with van der Waals surface area (Å²) >= 11 is 18.6. The fraction of sp³-hybridized carbons (Fsp3) is 0.222. The van der Waals surface area contributed by atoms with Crippen LogP contribution < -0.4 is 0 Å². The molecule has 1 amide bonds. The number of hydrogen-bond donors (Lipinski definition) is 0. The van der Waals surface area contributed by atoms with Crippen molar-refractivity contribution in [3.8, 4) is 11.3 Å². The zero-order chi connectivity index (χ0) is 18.1. The summed E-state index contributed by atoms with van der Waals surface area (Å²) in [5.41, 5.74) is 0.821. The lowest BCUT2D eigenvalue weighted by Gasteiger charge is -2.21. The summed E-state index contributed by atoms with van der Waals surface area (Å²) in [6, 6.07) is 9.03. The number of hydrogen-bond acceptors (Lipinski definition) is 4. The number of amides is 1. The van der Waals surface area contributed by atoms with E-state index in [0.717, 1.165) is 12.0 Å². The molecule has 3 rings (SSSR count). The molecule has 1 aliphatic rings. The normalized spacial score (nSPS) is 17.6. The highest BCUT2D eigenvalue weighted by atomic mass is 35.5. The largest absolute Gasteiger partial charge is 0.457 e. The van der Waals surface area contributed by atoms with Crippen LogP contribution in [0.5, 0.6) is 0 Å². The fourth-order valence-electron chi connectivity index (χ4n) is 2.41. The molecular weight excluding hydrogens is 397 g/mol. The molecule has 1 fully saturated rings. The average molecular weight is 412 g/mol. The number of benzene rings is 1. The van der Waals surface area contributed by atoms with Crippen molar-refractivity contribution >= 4 is 63.5 Å². The average Bonchev–Trinajstić information content (AvgIpc) is 3.15. The van der Waals surface area contributed by atoms with Gasteiger partial charge in [0.15, 0.2) is 0 Å².